The number of likely N-dealkylation sites (tertiary alicyclic amines) is 1. The maximum absolute atomic E-state index is 11.9. The summed E-state index contributed by atoms with van der Waals surface area (Å²) < 4.78 is 11.2. The summed E-state index contributed by atoms with van der Waals surface area (Å²) in [5, 5.41) is 0. The Balaban J connectivity index is 2.44. The van der Waals surface area contributed by atoms with Crippen LogP contribution in [0.15, 0.2) is 12.7 Å². The second-order valence-corrected chi connectivity index (χ2v) is 6.03. The zero-order chi connectivity index (χ0) is 13.8. The van der Waals surface area contributed by atoms with E-state index in [0.717, 1.165) is 12.8 Å². The van der Waals surface area contributed by atoms with E-state index < -0.39 is 5.60 Å². The maximum Gasteiger partial charge on any atom is 0.410 e. The highest BCUT2D eigenvalue weighted by molar-refractivity contribution is 5.68. The molecule has 1 amide bonds. The largest absolute Gasteiger partial charge is 0.444 e. The van der Waals surface area contributed by atoms with E-state index in [4.69, 9.17) is 9.47 Å². The zero-order valence-electron chi connectivity index (χ0n) is 12.0. The molecule has 1 heterocycles. The first-order chi connectivity index (χ1) is 8.26. The molecule has 0 spiro atoms. The topological polar surface area (TPSA) is 38.8 Å². The van der Waals surface area contributed by atoms with Gasteiger partial charge in [0.2, 0.25) is 0 Å². The molecule has 0 aromatic heterocycles. The Morgan fingerprint density at radius 3 is 2.72 bits per heavy atom. The van der Waals surface area contributed by atoms with Crippen molar-refractivity contribution in [1.82, 2.24) is 4.90 Å². The Morgan fingerprint density at radius 2 is 2.17 bits per heavy atom. The highest BCUT2D eigenvalue weighted by Gasteiger charge is 2.38. The van der Waals surface area contributed by atoms with Gasteiger partial charge in [-0.15, -0.1) is 6.58 Å². The van der Waals surface area contributed by atoms with E-state index in [1.807, 2.05) is 33.8 Å². The quantitative estimate of drug-likeness (QED) is 0.572. The van der Waals surface area contributed by atoms with Gasteiger partial charge < -0.3 is 14.4 Å². The van der Waals surface area contributed by atoms with Crippen molar-refractivity contribution in [3.8, 4) is 0 Å². The number of hydrogen-bond acceptors (Lipinski definition) is 3. The molecule has 1 saturated heterocycles. The zero-order valence-corrected chi connectivity index (χ0v) is 12.0. The van der Waals surface area contributed by atoms with E-state index in [1.54, 1.807) is 4.90 Å². The summed E-state index contributed by atoms with van der Waals surface area (Å²) in [5.41, 5.74) is -0.695. The summed E-state index contributed by atoms with van der Waals surface area (Å²) in [6.45, 7) is 13.3. The molecular formula is C14H25NO3. The fraction of sp³-hybridized carbons (Fsp3) is 0.786. The van der Waals surface area contributed by atoms with Crippen LogP contribution in [-0.2, 0) is 9.47 Å². The molecule has 4 nitrogen and oxygen atoms in total. The van der Waals surface area contributed by atoms with Crippen LogP contribution in [0.3, 0.4) is 0 Å². The number of ether oxygens (including phenoxy) is 2. The van der Waals surface area contributed by atoms with Crippen LogP contribution in [0.25, 0.3) is 0 Å². The minimum Gasteiger partial charge on any atom is -0.444 e. The van der Waals surface area contributed by atoms with Crippen LogP contribution in [0.5, 0.6) is 0 Å². The van der Waals surface area contributed by atoms with Gasteiger partial charge in [0, 0.05) is 6.54 Å². The van der Waals surface area contributed by atoms with Crippen molar-refractivity contribution in [3.05, 3.63) is 12.7 Å². The van der Waals surface area contributed by atoms with Crippen molar-refractivity contribution in [2.24, 2.45) is 0 Å². The molecule has 0 aliphatic carbocycles. The fourth-order valence-corrected chi connectivity index (χ4v) is 1.92. The number of nitrogens with zero attached hydrogens (tertiary/aromatic N) is 1. The van der Waals surface area contributed by atoms with Gasteiger partial charge in [0.25, 0.3) is 0 Å². The summed E-state index contributed by atoms with van der Waals surface area (Å²) in [6.07, 6.45) is 3.27. The molecule has 0 aromatic carbocycles. The molecule has 0 N–H and O–H groups in total. The third-order valence-corrected chi connectivity index (χ3v) is 2.86. The van der Waals surface area contributed by atoms with Gasteiger partial charge in [0.15, 0.2) is 0 Å². The van der Waals surface area contributed by atoms with Gasteiger partial charge >= 0.3 is 6.09 Å². The Hall–Kier alpha value is -1.03. The summed E-state index contributed by atoms with van der Waals surface area (Å²) in [5.74, 6) is 0. The SMILES string of the molecule is C=CCCOC1(C)CCN(C(=O)OC(C)(C)C)C1. The molecule has 1 fully saturated rings. The summed E-state index contributed by atoms with van der Waals surface area (Å²) in [7, 11) is 0. The predicted molar refractivity (Wildman–Crippen MR) is 71.6 cm³/mol. The highest BCUT2D eigenvalue weighted by Crippen LogP contribution is 2.26. The minimum absolute atomic E-state index is 0.250. The Labute approximate surface area is 110 Å². The van der Waals surface area contributed by atoms with Crippen LogP contribution in [0, 0.1) is 0 Å². The molecule has 1 rings (SSSR count). The van der Waals surface area contributed by atoms with Crippen molar-refractivity contribution >= 4 is 6.09 Å². The van der Waals surface area contributed by atoms with Crippen LogP contribution in [0.2, 0.25) is 0 Å². The van der Waals surface area contributed by atoms with Crippen molar-refractivity contribution in [3.63, 3.8) is 0 Å². The molecule has 0 aromatic rings. The van der Waals surface area contributed by atoms with E-state index in [0.29, 0.717) is 19.7 Å². The van der Waals surface area contributed by atoms with Crippen molar-refractivity contribution in [1.29, 1.82) is 0 Å². The molecule has 1 atom stereocenters. The Bertz CT molecular complexity index is 309. The van der Waals surface area contributed by atoms with Crippen molar-refractivity contribution in [2.45, 2.75) is 51.7 Å². The molecule has 18 heavy (non-hydrogen) atoms. The van der Waals surface area contributed by atoms with Crippen LogP contribution in [0.1, 0.15) is 40.5 Å². The van der Waals surface area contributed by atoms with E-state index in [9.17, 15) is 4.79 Å². The van der Waals surface area contributed by atoms with Gasteiger partial charge in [-0.3, -0.25) is 0 Å². The van der Waals surface area contributed by atoms with E-state index in [-0.39, 0.29) is 11.7 Å². The lowest BCUT2D eigenvalue weighted by atomic mass is 10.1. The molecule has 104 valence electrons. The molecule has 4 heteroatoms. The van der Waals surface area contributed by atoms with E-state index >= 15 is 0 Å². The lowest BCUT2D eigenvalue weighted by molar-refractivity contribution is -0.0251. The second-order valence-electron chi connectivity index (χ2n) is 6.03. The number of hydrogen-bond donors (Lipinski definition) is 0. The predicted octanol–water partition coefficient (Wildman–Crippen LogP) is 2.98. The van der Waals surface area contributed by atoms with Gasteiger partial charge in [-0.2, -0.15) is 0 Å². The summed E-state index contributed by atoms with van der Waals surface area (Å²) >= 11 is 0. The standard InChI is InChI=1S/C14H25NO3/c1-6-7-10-17-14(5)8-9-15(11-14)12(16)18-13(2,3)4/h6H,1,7-11H2,2-5H3. The molecular weight excluding hydrogens is 230 g/mol. The number of rotatable bonds is 4. The highest BCUT2D eigenvalue weighted by atomic mass is 16.6. The first-order valence-corrected chi connectivity index (χ1v) is 6.48. The van der Waals surface area contributed by atoms with Gasteiger partial charge in [-0.25, -0.2) is 4.79 Å². The first kappa shape index (κ1) is 15.0. The molecule has 0 saturated carbocycles. The number of amides is 1. The summed E-state index contributed by atoms with van der Waals surface area (Å²) in [6, 6.07) is 0. The third kappa shape index (κ3) is 4.69. The van der Waals surface area contributed by atoms with E-state index in [2.05, 4.69) is 6.58 Å². The summed E-state index contributed by atoms with van der Waals surface area (Å²) in [4.78, 5) is 13.6. The molecule has 0 bridgehead atoms. The first-order valence-electron chi connectivity index (χ1n) is 6.48. The van der Waals surface area contributed by atoms with E-state index in [1.165, 1.54) is 0 Å². The maximum atomic E-state index is 11.9. The molecule has 1 unspecified atom stereocenters. The van der Waals surface area contributed by atoms with Crippen LogP contribution >= 0.6 is 0 Å². The fourth-order valence-electron chi connectivity index (χ4n) is 1.92. The van der Waals surface area contributed by atoms with Crippen molar-refractivity contribution < 1.29 is 14.3 Å². The van der Waals surface area contributed by atoms with Crippen LogP contribution < -0.4 is 0 Å². The van der Waals surface area contributed by atoms with Crippen LogP contribution in [-0.4, -0.2) is 41.9 Å². The van der Waals surface area contributed by atoms with Crippen LogP contribution in [0.4, 0.5) is 4.79 Å². The molecule has 0 radical (unpaired) electrons. The van der Waals surface area contributed by atoms with Gasteiger partial charge in [0.1, 0.15) is 5.60 Å². The second kappa shape index (κ2) is 5.74. The number of carbonyl (C=O) groups is 1. The Kier molecular flexibility index (Phi) is 4.79. The minimum atomic E-state index is -0.445. The average Bonchev–Trinajstić information content (AvgIpc) is 2.59. The normalized spacial score (nSPS) is 24.1. The van der Waals surface area contributed by atoms with Gasteiger partial charge in [-0.05, 0) is 40.5 Å². The lowest BCUT2D eigenvalue weighted by Crippen LogP contribution is -2.39. The Morgan fingerprint density at radius 1 is 1.50 bits per heavy atom. The average molecular weight is 255 g/mol. The van der Waals surface area contributed by atoms with Gasteiger partial charge in [0.05, 0.1) is 18.8 Å². The third-order valence-electron chi connectivity index (χ3n) is 2.86. The van der Waals surface area contributed by atoms with Crippen molar-refractivity contribution in [2.75, 3.05) is 19.7 Å². The smallest absolute Gasteiger partial charge is 0.410 e. The molecule has 1 aliphatic rings. The monoisotopic (exact) mass is 255 g/mol. The van der Waals surface area contributed by atoms with Gasteiger partial charge in [-0.1, -0.05) is 6.08 Å². The molecule has 1 aliphatic heterocycles. The lowest BCUT2D eigenvalue weighted by Gasteiger charge is -2.27. The number of carbonyl (C=O) groups excluding carboxylic acids is 1.